The number of aromatic nitrogens is 2. The minimum Gasteiger partial charge on any atom is -0.372 e. The van der Waals surface area contributed by atoms with Crippen LogP contribution < -0.4 is 15.1 Å². The van der Waals surface area contributed by atoms with E-state index in [9.17, 15) is 4.79 Å². The zero-order chi connectivity index (χ0) is 20.3. The van der Waals surface area contributed by atoms with Crippen LogP contribution in [-0.2, 0) is 13.0 Å². The molecule has 0 saturated carbocycles. The number of carbonyl (C=O) groups is 1. The number of hydrogen-bond acceptors (Lipinski definition) is 5. The molecule has 0 radical (unpaired) electrons. The summed E-state index contributed by atoms with van der Waals surface area (Å²) < 4.78 is 0. The van der Waals surface area contributed by atoms with Crippen LogP contribution in [0.25, 0.3) is 0 Å². The fraction of sp³-hybridized carbons (Fsp3) is 0.292. The summed E-state index contributed by atoms with van der Waals surface area (Å²) in [6, 6.07) is 16.5. The quantitative estimate of drug-likeness (QED) is 0.721. The molecule has 3 aromatic rings. The van der Waals surface area contributed by atoms with E-state index in [0.717, 1.165) is 38.3 Å². The predicted octanol–water partition coefficient (Wildman–Crippen LogP) is 3.89. The van der Waals surface area contributed by atoms with Crippen LogP contribution >= 0.6 is 0 Å². The molecule has 2 aliphatic rings. The Hall–Kier alpha value is -3.41. The number of benzene rings is 2. The standard InChI is InChI=1S/C24H25N5O/c30-23(27-21-7-9-22(10-8-21)28-12-3-4-13-28)20-15-25-24(26-16-20)29-14-11-18-5-1-2-6-19(18)17-29/h1-2,5-10,15-16H,3-4,11-14,17H2,(H,27,30). The van der Waals surface area contributed by atoms with E-state index < -0.39 is 0 Å². The van der Waals surface area contributed by atoms with Gasteiger partial charge in [-0.3, -0.25) is 4.79 Å². The highest BCUT2D eigenvalue weighted by molar-refractivity contribution is 6.04. The summed E-state index contributed by atoms with van der Waals surface area (Å²) in [6.07, 6.45) is 6.69. The number of nitrogens with one attached hydrogen (secondary N) is 1. The molecule has 6 heteroatoms. The van der Waals surface area contributed by atoms with Crippen LogP contribution in [0.3, 0.4) is 0 Å². The summed E-state index contributed by atoms with van der Waals surface area (Å²) in [5.41, 5.74) is 5.15. The molecule has 6 nitrogen and oxygen atoms in total. The molecule has 0 unspecified atom stereocenters. The van der Waals surface area contributed by atoms with E-state index >= 15 is 0 Å². The van der Waals surface area contributed by atoms with Crippen molar-refractivity contribution < 1.29 is 4.79 Å². The number of nitrogens with zero attached hydrogens (tertiary/aromatic N) is 4. The van der Waals surface area contributed by atoms with Crippen LogP contribution in [0.15, 0.2) is 60.9 Å². The average Bonchev–Trinajstić information content (AvgIpc) is 3.34. The van der Waals surface area contributed by atoms with Gasteiger partial charge in [0.25, 0.3) is 5.91 Å². The van der Waals surface area contributed by atoms with Crippen LogP contribution in [0.1, 0.15) is 34.3 Å². The Morgan fingerprint density at radius 1 is 0.833 bits per heavy atom. The summed E-state index contributed by atoms with van der Waals surface area (Å²) in [5.74, 6) is 0.468. The highest BCUT2D eigenvalue weighted by Crippen LogP contribution is 2.23. The molecule has 2 aliphatic heterocycles. The Morgan fingerprint density at radius 2 is 1.53 bits per heavy atom. The van der Waals surface area contributed by atoms with Gasteiger partial charge in [-0.25, -0.2) is 9.97 Å². The lowest BCUT2D eigenvalue weighted by Crippen LogP contribution is -2.31. The van der Waals surface area contributed by atoms with Crippen molar-refractivity contribution in [1.29, 1.82) is 0 Å². The van der Waals surface area contributed by atoms with Crippen LogP contribution in [0.5, 0.6) is 0 Å². The smallest absolute Gasteiger partial charge is 0.258 e. The second-order valence-electron chi connectivity index (χ2n) is 7.91. The van der Waals surface area contributed by atoms with Gasteiger partial charge in [-0.1, -0.05) is 24.3 Å². The van der Waals surface area contributed by atoms with E-state index in [0.29, 0.717) is 11.5 Å². The van der Waals surface area contributed by atoms with Crippen molar-refractivity contribution in [3.63, 3.8) is 0 Å². The van der Waals surface area contributed by atoms with Gasteiger partial charge in [0.2, 0.25) is 5.95 Å². The molecule has 1 saturated heterocycles. The van der Waals surface area contributed by atoms with Gasteiger partial charge in [0, 0.05) is 49.9 Å². The molecule has 5 rings (SSSR count). The SMILES string of the molecule is O=C(Nc1ccc(N2CCCC2)cc1)c1cnc(N2CCc3ccccc3C2)nc1. The minimum atomic E-state index is -0.195. The summed E-state index contributed by atoms with van der Waals surface area (Å²) in [7, 11) is 0. The third-order valence-corrected chi connectivity index (χ3v) is 5.91. The Labute approximate surface area is 176 Å². The van der Waals surface area contributed by atoms with Crippen LogP contribution in [0.2, 0.25) is 0 Å². The first-order valence-corrected chi connectivity index (χ1v) is 10.6. The summed E-state index contributed by atoms with van der Waals surface area (Å²) >= 11 is 0. The third-order valence-electron chi connectivity index (χ3n) is 5.91. The minimum absolute atomic E-state index is 0.195. The van der Waals surface area contributed by atoms with E-state index in [4.69, 9.17) is 0 Å². The van der Waals surface area contributed by atoms with Crippen molar-refractivity contribution in [2.45, 2.75) is 25.8 Å². The van der Waals surface area contributed by atoms with Gasteiger partial charge in [0.05, 0.1) is 5.56 Å². The Balaban J connectivity index is 1.23. The number of hydrogen-bond donors (Lipinski definition) is 1. The summed E-state index contributed by atoms with van der Waals surface area (Å²) in [4.78, 5) is 26.0. The topological polar surface area (TPSA) is 61.4 Å². The maximum atomic E-state index is 12.6. The second-order valence-corrected chi connectivity index (χ2v) is 7.91. The normalized spacial score (nSPS) is 15.7. The van der Waals surface area contributed by atoms with Crippen LogP contribution in [0.4, 0.5) is 17.3 Å². The second kappa shape index (κ2) is 8.14. The lowest BCUT2D eigenvalue weighted by molar-refractivity contribution is 0.102. The first kappa shape index (κ1) is 18.6. The lowest BCUT2D eigenvalue weighted by Gasteiger charge is -2.28. The molecule has 30 heavy (non-hydrogen) atoms. The molecule has 152 valence electrons. The van der Waals surface area contributed by atoms with Crippen molar-refractivity contribution >= 4 is 23.2 Å². The van der Waals surface area contributed by atoms with Gasteiger partial charge in [0.15, 0.2) is 0 Å². The maximum Gasteiger partial charge on any atom is 0.258 e. The van der Waals surface area contributed by atoms with Crippen molar-refractivity contribution in [3.05, 3.63) is 77.6 Å². The molecule has 1 fully saturated rings. The average molecular weight is 399 g/mol. The molecule has 1 amide bonds. The first-order chi connectivity index (χ1) is 14.8. The molecule has 0 spiro atoms. The number of rotatable bonds is 4. The third kappa shape index (κ3) is 3.85. The van der Waals surface area contributed by atoms with Crippen molar-refractivity contribution in [2.24, 2.45) is 0 Å². The van der Waals surface area contributed by atoms with E-state index in [1.807, 2.05) is 12.1 Å². The molecule has 1 aromatic heterocycles. The number of fused-ring (bicyclic) bond motifs is 1. The molecule has 0 bridgehead atoms. The van der Waals surface area contributed by atoms with E-state index in [2.05, 4.69) is 61.5 Å². The fourth-order valence-corrected chi connectivity index (χ4v) is 4.20. The molecule has 0 aliphatic carbocycles. The first-order valence-electron chi connectivity index (χ1n) is 10.6. The van der Waals surface area contributed by atoms with Gasteiger partial charge in [-0.15, -0.1) is 0 Å². The summed E-state index contributed by atoms with van der Waals surface area (Å²) in [6.45, 7) is 3.90. The highest BCUT2D eigenvalue weighted by Gasteiger charge is 2.18. The van der Waals surface area contributed by atoms with Crippen molar-refractivity contribution in [3.8, 4) is 0 Å². The largest absolute Gasteiger partial charge is 0.372 e. The molecule has 1 N–H and O–H groups in total. The van der Waals surface area contributed by atoms with Crippen molar-refractivity contribution in [2.75, 3.05) is 34.8 Å². The Bertz CT molecular complexity index is 1030. The summed E-state index contributed by atoms with van der Waals surface area (Å²) in [5, 5.41) is 2.94. The molecule has 3 heterocycles. The predicted molar refractivity (Wildman–Crippen MR) is 119 cm³/mol. The number of carbonyl (C=O) groups excluding carboxylic acids is 1. The Kier molecular flexibility index (Phi) is 5.05. The zero-order valence-corrected chi connectivity index (χ0v) is 16.9. The van der Waals surface area contributed by atoms with Gasteiger partial charge in [0.1, 0.15) is 0 Å². The van der Waals surface area contributed by atoms with E-state index in [-0.39, 0.29) is 5.91 Å². The Morgan fingerprint density at radius 3 is 2.27 bits per heavy atom. The van der Waals surface area contributed by atoms with E-state index in [1.165, 1.54) is 29.7 Å². The fourth-order valence-electron chi connectivity index (χ4n) is 4.20. The number of amides is 1. The molecular weight excluding hydrogens is 374 g/mol. The van der Waals surface area contributed by atoms with Gasteiger partial charge >= 0.3 is 0 Å². The number of anilines is 3. The maximum absolute atomic E-state index is 12.6. The van der Waals surface area contributed by atoms with Crippen LogP contribution in [-0.4, -0.2) is 35.5 Å². The zero-order valence-electron chi connectivity index (χ0n) is 16.9. The van der Waals surface area contributed by atoms with Gasteiger partial charge in [-0.05, 0) is 54.7 Å². The monoisotopic (exact) mass is 399 g/mol. The van der Waals surface area contributed by atoms with Crippen LogP contribution in [0, 0.1) is 0 Å². The lowest BCUT2D eigenvalue weighted by atomic mass is 10.0. The molecular formula is C24H25N5O. The van der Waals surface area contributed by atoms with Crippen molar-refractivity contribution in [1.82, 2.24) is 9.97 Å². The molecule has 2 aromatic carbocycles. The van der Waals surface area contributed by atoms with E-state index in [1.54, 1.807) is 12.4 Å². The van der Waals surface area contributed by atoms with Gasteiger partial charge < -0.3 is 15.1 Å². The van der Waals surface area contributed by atoms with Gasteiger partial charge in [-0.2, -0.15) is 0 Å². The molecule has 0 atom stereocenters. The highest BCUT2D eigenvalue weighted by atomic mass is 16.1.